The van der Waals surface area contributed by atoms with Gasteiger partial charge in [-0.1, -0.05) is 0 Å². The zero-order valence-corrected chi connectivity index (χ0v) is 14.4. The number of carbonyl (C=O) groups excluding carboxylic acids is 1. The number of hydrogen-bond donors (Lipinski definition) is 2. The van der Waals surface area contributed by atoms with Gasteiger partial charge in [-0.2, -0.15) is 0 Å². The Labute approximate surface area is 146 Å². The van der Waals surface area contributed by atoms with Gasteiger partial charge < -0.3 is 10.3 Å². The van der Waals surface area contributed by atoms with Crippen molar-refractivity contribution in [1.82, 2.24) is 15.3 Å². The summed E-state index contributed by atoms with van der Waals surface area (Å²) in [5.41, 5.74) is 1.66. The van der Waals surface area contributed by atoms with Gasteiger partial charge in [0, 0.05) is 29.2 Å². The SMILES string of the molecule is O=C(NCC12CC3CC(CC(Cl)(C3)C1)C2)c1c[nH]c2ncccc12. The highest BCUT2D eigenvalue weighted by Crippen LogP contribution is 2.63. The molecule has 5 heteroatoms. The van der Waals surface area contributed by atoms with Crippen molar-refractivity contribution in [3.05, 3.63) is 30.1 Å². The van der Waals surface area contributed by atoms with Gasteiger partial charge in [-0.15, -0.1) is 11.6 Å². The predicted molar refractivity (Wildman–Crippen MR) is 94.1 cm³/mol. The van der Waals surface area contributed by atoms with Gasteiger partial charge in [0.15, 0.2) is 0 Å². The molecule has 126 valence electrons. The van der Waals surface area contributed by atoms with Crippen molar-refractivity contribution in [2.24, 2.45) is 17.3 Å². The number of nitrogens with one attached hydrogen (secondary N) is 2. The highest BCUT2D eigenvalue weighted by atomic mass is 35.5. The van der Waals surface area contributed by atoms with Crippen molar-refractivity contribution in [1.29, 1.82) is 0 Å². The van der Waals surface area contributed by atoms with Crippen LogP contribution >= 0.6 is 11.6 Å². The normalized spacial score (nSPS) is 37.0. The lowest BCUT2D eigenvalue weighted by Gasteiger charge is -2.60. The molecule has 4 saturated carbocycles. The molecule has 0 saturated heterocycles. The number of aromatic nitrogens is 2. The molecular weight excluding hydrogens is 322 g/mol. The maximum Gasteiger partial charge on any atom is 0.253 e. The maximum absolute atomic E-state index is 12.7. The Morgan fingerprint density at radius 2 is 2.12 bits per heavy atom. The molecule has 4 aliphatic carbocycles. The standard InChI is InChI=1S/C19H22ClN3O/c20-19-7-12-4-13(8-19)6-18(5-12,10-19)11-23-17(24)15-9-22-16-14(15)2-1-3-21-16/h1-3,9,12-13H,4-8,10-11H2,(H,21,22)(H,23,24). The van der Waals surface area contributed by atoms with Crippen LogP contribution in [0.2, 0.25) is 0 Å². The summed E-state index contributed by atoms with van der Waals surface area (Å²) in [5, 5.41) is 4.09. The molecule has 6 rings (SSSR count). The first-order valence-electron chi connectivity index (χ1n) is 8.94. The Kier molecular flexibility index (Phi) is 3.06. The van der Waals surface area contributed by atoms with Crippen LogP contribution in [-0.2, 0) is 0 Å². The van der Waals surface area contributed by atoms with Gasteiger partial charge in [0.2, 0.25) is 0 Å². The van der Waals surface area contributed by atoms with Gasteiger partial charge in [0.1, 0.15) is 5.65 Å². The van der Waals surface area contributed by atoms with E-state index in [9.17, 15) is 4.79 Å². The molecule has 4 aliphatic rings. The Bertz CT molecular complexity index is 800. The van der Waals surface area contributed by atoms with Crippen molar-refractivity contribution in [3.8, 4) is 0 Å². The van der Waals surface area contributed by atoms with E-state index in [-0.39, 0.29) is 16.2 Å². The number of aromatic amines is 1. The fourth-order valence-corrected chi connectivity index (χ4v) is 6.77. The van der Waals surface area contributed by atoms with E-state index >= 15 is 0 Å². The van der Waals surface area contributed by atoms with E-state index in [2.05, 4.69) is 15.3 Å². The Morgan fingerprint density at radius 1 is 1.33 bits per heavy atom. The van der Waals surface area contributed by atoms with Crippen LogP contribution in [0.4, 0.5) is 0 Å². The van der Waals surface area contributed by atoms with Crippen LogP contribution < -0.4 is 5.32 Å². The van der Waals surface area contributed by atoms with Crippen molar-refractivity contribution in [2.45, 2.75) is 43.4 Å². The van der Waals surface area contributed by atoms with Crippen LogP contribution in [0, 0.1) is 17.3 Å². The second-order valence-electron chi connectivity index (χ2n) is 8.40. The van der Waals surface area contributed by atoms with Crippen molar-refractivity contribution in [3.63, 3.8) is 0 Å². The number of pyridine rings is 1. The van der Waals surface area contributed by atoms with E-state index in [1.54, 1.807) is 12.4 Å². The Balaban J connectivity index is 1.35. The topological polar surface area (TPSA) is 57.8 Å². The molecule has 4 bridgehead atoms. The summed E-state index contributed by atoms with van der Waals surface area (Å²) >= 11 is 6.89. The summed E-state index contributed by atoms with van der Waals surface area (Å²) in [5.74, 6) is 1.52. The summed E-state index contributed by atoms with van der Waals surface area (Å²) in [4.78, 5) is 20.0. The van der Waals surface area contributed by atoms with Crippen LogP contribution in [0.25, 0.3) is 11.0 Å². The quantitative estimate of drug-likeness (QED) is 0.831. The first-order chi connectivity index (χ1) is 11.5. The number of nitrogens with zero attached hydrogens (tertiary/aromatic N) is 1. The molecule has 0 aliphatic heterocycles. The zero-order chi connectivity index (χ0) is 16.4. The molecule has 1 amide bonds. The number of amides is 1. The maximum atomic E-state index is 12.7. The molecule has 2 aromatic heterocycles. The van der Waals surface area contributed by atoms with Gasteiger partial charge in [0.05, 0.1) is 5.56 Å². The fraction of sp³-hybridized carbons (Fsp3) is 0.579. The molecule has 2 aromatic rings. The second-order valence-corrected chi connectivity index (χ2v) is 9.20. The molecule has 2 N–H and O–H groups in total. The Morgan fingerprint density at radius 3 is 2.88 bits per heavy atom. The number of fused-ring (bicyclic) bond motifs is 1. The highest BCUT2D eigenvalue weighted by molar-refractivity contribution is 6.24. The number of carbonyl (C=O) groups is 1. The van der Waals surface area contributed by atoms with E-state index < -0.39 is 0 Å². The summed E-state index contributed by atoms with van der Waals surface area (Å²) in [6, 6.07) is 3.80. The third kappa shape index (κ3) is 2.26. The van der Waals surface area contributed by atoms with Crippen molar-refractivity contribution >= 4 is 28.5 Å². The largest absolute Gasteiger partial charge is 0.351 e. The minimum atomic E-state index is -0.00591. The molecule has 2 atom stereocenters. The molecule has 0 spiro atoms. The average Bonchev–Trinajstić information content (AvgIpc) is 2.94. The van der Waals surface area contributed by atoms with Crippen LogP contribution in [0.5, 0.6) is 0 Å². The summed E-state index contributed by atoms with van der Waals surface area (Å²) < 4.78 is 0. The summed E-state index contributed by atoms with van der Waals surface area (Å²) in [6.07, 6.45) is 10.7. The zero-order valence-electron chi connectivity index (χ0n) is 13.6. The van der Waals surface area contributed by atoms with Crippen molar-refractivity contribution in [2.75, 3.05) is 6.54 Å². The van der Waals surface area contributed by atoms with E-state index in [1.807, 2.05) is 12.1 Å². The van der Waals surface area contributed by atoms with Gasteiger partial charge in [0.25, 0.3) is 5.91 Å². The lowest BCUT2D eigenvalue weighted by Crippen LogP contribution is -2.56. The molecule has 0 radical (unpaired) electrons. The van der Waals surface area contributed by atoms with E-state index in [4.69, 9.17) is 11.6 Å². The predicted octanol–water partition coefficient (Wildman–Crippen LogP) is 3.87. The number of alkyl halides is 1. The van der Waals surface area contributed by atoms with Crippen LogP contribution in [0.15, 0.2) is 24.5 Å². The molecular formula is C19H22ClN3O. The minimum Gasteiger partial charge on any atom is -0.351 e. The molecule has 4 fully saturated rings. The molecule has 2 unspecified atom stereocenters. The minimum absolute atomic E-state index is 0.000484. The molecule has 0 aromatic carbocycles. The number of hydrogen-bond acceptors (Lipinski definition) is 2. The lowest BCUT2D eigenvalue weighted by molar-refractivity contribution is -0.0379. The third-order valence-electron chi connectivity index (χ3n) is 6.43. The highest BCUT2D eigenvalue weighted by Gasteiger charge is 2.56. The number of rotatable bonds is 3. The summed E-state index contributed by atoms with van der Waals surface area (Å²) in [6.45, 7) is 0.750. The van der Waals surface area contributed by atoms with E-state index in [0.29, 0.717) is 5.56 Å². The first-order valence-corrected chi connectivity index (χ1v) is 9.31. The van der Waals surface area contributed by atoms with Crippen LogP contribution in [0.1, 0.15) is 48.9 Å². The number of halogens is 1. The third-order valence-corrected chi connectivity index (χ3v) is 6.87. The average molecular weight is 344 g/mol. The van der Waals surface area contributed by atoms with Crippen molar-refractivity contribution < 1.29 is 4.79 Å². The second kappa shape index (κ2) is 4.98. The van der Waals surface area contributed by atoms with E-state index in [0.717, 1.165) is 35.8 Å². The molecule has 4 nitrogen and oxygen atoms in total. The molecule has 24 heavy (non-hydrogen) atoms. The first kappa shape index (κ1) is 14.8. The van der Waals surface area contributed by atoms with Crippen LogP contribution in [0.3, 0.4) is 0 Å². The van der Waals surface area contributed by atoms with Gasteiger partial charge >= 0.3 is 0 Å². The van der Waals surface area contributed by atoms with Gasteiger partial charge in [-0.05, 0) is 67.9 Å². The Hall–Kier alpha value is -1.55. The van der Waals surface area contributed by atoms with E-state index in [1.165, 1.54) is 32.1 Å². The molecule has 2 heterocycles. The number of H-pyrrole nitrogens is 1. The fourth-order valence-electron chi connectivity index (χ4n) is 6.05. The van der Waals surface area contributed by atoms with Crippen LogP contribution in [-0.4, -0.2) is 27.3 Å². The smallest absolute Gasteiger partial charge is 0.253 e. The summed E-state index contributed by atoms with van der Waals surface area (Å²) in [7, 11) is 0. The van der Waals surface area contributed by atoms with Gasteiger partial charge in [-0.25, -0.2) is 4.98 Å². The lowest BCUT2D eigenvalue weighted by atomic mass is 9.49. The monoisotopic (exact) mass is 343 g/mol. The van der Waals surface area contributed by atoms with Gasteiger partial charge in [-0.3, -0.25) is 4.79 Å².